The van der Waals surface area contributed by atoms with Crippen LogP contribution in [0.2, 0.25) is 0 Å². The van der Waals surface area contributed by atoms with Crippen molar-refractivity contribution in [3.8, 4) is 17.5 Å². The fourth-order valence-electron chi connectivity index (χ4n) is 3.44. The number of H-pyrrole nitrogens is 1. The molecule has 1 aliphatic rings. The predicted octanol–water partition coefficient (Wildman–Crippen LogP) is 4.67. The second kappa shape index (κ2) is 6.65. The van der Waals surface area contributed by atoms with E-state index < -0.39 is 23.4 Å². The molecule has 1 N–H and O–H groups in total. The van der Waals surface area contributed by atoms with Gasteiger partial charge in [0.05, 0.1) is 12.1 Å². The fourth-order valence-corrected chi connectivity index (χ4v) is 3.44. The van der Waals surface area contributed by atoms with E-state index in [2.05, 4.69) is 9.97 Å². The van der Waals surface area contributed by atoms with Crippen molar-refractivity contribution in [3.63, 3.8) is 0 Å². The first-order valence-electron chi connectivity index (χ1n) is 9.08. The lowest BCUT2D eigenvalue weighted by molar-refractivity contribution is -0.137. The monoisotopic (exact) mass is 413 g/mol. The summed E-state index contributed by atoms with van der Waals surface area (Å²) in [7, 11) is 0. The van der Waals surface area contributed by atoms with Crippen LogP contribution in [0.1, 0.15) is 17.4 Å². The topological polar surface area (TPSA) is 69.1 Å². The highest BCUT2D eigenvalue weighted by Gasteiger charge is 2.32. The molecule has 0 saturated carbocycles. The molecule has 2 aromatic carbocycles. The second-order valence-electron chi connectivity index (χ2n) is 6.84. The van der Waals surface area contributed by atoms with Gasteiger partial charge in [-0.25, -0.2) is 0 Å². The minimum Gasteiger partial charge on any atom is -0.455 e. The van der Waals surface area contributed by atoms with Crippen LogP contribution < -0.4 is 15.0 Å². The van der Waals surface area contributed by atoms with E-state index in [1.54, 1.807) is 10.8 Å². The molecule has 4 aromatic rings. The van der Waals surface area contributed by atoms with Gasteiger partial charge in [0.2, 0.25) is 0 Å². The number of nitrogens with one attached hydrogen (secondary N) is 1. The Morgan fingerprint density at radius 1 is 1.10 bits per heavy atom. The summed E-state index contributed by atoms with van der Waals surface area (Å²) in [6, 6.07) is 13.4. The highest BCUT2D eigenvalue weighted by Crippen LogP contribution is 2.41. The highest BCUT2D eigenvalue weighted by atomic mass is 19.4. The van der Waals surface area contributed by atoms with Crippen LogP contribution in [0.5, 0.6) is 17.5 Å². The maximum atomic E-state index is 12.8. The first kappa shape index (κ1) is 18.3. The summed E-state index contributed by atoms with van der Waals surface area (Å²) in [4.78, 5) is 18.6. The number of nitrogens with zero attached hydrogens (tertiary/aromatic N) is 2. The van der Waals surface area contributed by atoms with Crippen LogP contribution in [0.3, 0.4) is 0 Å². The Kier molecular flexibility index (Phi) is 4.05. The van der Waals surface area contributed by atoms with E-state index in [4.69, 9.17) is 9.47 Å². The molecular weight excluding hydrogens is 399 g/mol. The Bertz CT molecular complexity index is 1290. The van der Waals surface area contributed by atoms with Crippen LogP contribution in [-0.4, -0.2) is 14.5 Å². The van der Waals surface area contributed by atoms with E-state index >= 15 is 0 Å². The molecule has 0 spiro atoms. The summed E-state index contributed by atoms with van der Waals surface area (Å²) in [6.45, 7) is 0.402. The molecule has 0 radical (unpaired) electrons. The molecule has 1 atom stereocenters. The van der Waals surface area contributed by atoms with Gasteiger partial charge in [-0.15, -0.1) is 0 Å². The molecule has 0 aliphatic carbocycles. The fraction of sp³-hybridized carbons (Fsp3) is 0.143. The van der Waals surface area contributed by atoms with Gasteiger partial charge in [0, 0.05) is 23.2 Å². The van der Waals surface area contributed by atoms with E-state index in [9.17, 15) is 18.0 Å². The zero-order valence-corrected chi connectivity index (χ0v) is 15.3. The largest absolute Gasteiger partial charge is 0.455 e. The Morgan fingerprint density at radius 2 is 1.87 bits per heavy atom. The number of alkyl halides is 3. The normalized spacial score (nSPS) is 15.8. The van der Waals surface area contributed by atoms with Crippen LogP contribution >= 0.6 is 0 Å². The lowest BCUT2D eigenvalue weighted by Crippen LogP contribution is -2.07. The van der Waals surface area contributed by atoms with Crippen LogP contribution in [0.4, 0.5) is 13.2 Å². The lowest BCUT2D eigenvalue weighted by atomic mass is 10.2. The molecule has 30 heavy (non-hydrogen) atoms. The Hall–Kier alpha value is -3.75. The first-order chi connectivity index (χ1) is 14.4. The maximum Gasteiger partial charge on any atom is 0.416 e. The van der Waals surface area contributed by atoms with Gasteiger partial charge in [0.1, 0.15) is 11.4 Å². The van der Waals surface area contributed by atoms with Crippen LogP contribution in [-0.2, 0) is 12.7 Å². The van der Waals surface area contributed by atoms with Crippen molar-refractivity contribution in [2.45, 2.75) is 18.8 Å². The SMILES string of the molecule is O=c1ccn2c(n1)OC(c1[nH]c3ccccc3c1Oc1ccc(C(F)(F)F)cc1)C2. The van der Waals surface area contributed by atoms with Crippen molar-refractivity contribution in [2.24, 2.45) is 0 Å². The summed E-state index contributed by atoms with van der Waals surface area (Å²) in [5, 5.41) is 0.759. The quantitative estimate of drug-likeness (QED) is 0.530. The number of fused-ring (bicyclic) bond motifs is 2. The molecule has 0 bridgehead atoms. The number of para-hydroxylation sites is 1. The summed E-state index contributed by atoms with van der Waals surface area (Å²) >= 11 is 0. The molecule has 2 aromatic heterocycles. The first-order valence-corrected chi connectivity index (χ1v) is 9.08. The molecule has 5 rings (SSSR count). The third kappa shape index (κ3) is 3.18. The van der Waals surface area contributed by atoms with Crippen molar-refractivity contribution >= 4 is 10.9 Å². The van der Waals surface area contributed by atoms with E-state index in [1.165, 1.54) is 18.2 Å². The minimum absolute atomic E-state index is 0.201. The van der Waals surface area contributed by atoms with Gasteiger partial charge in [-0.2, -0.15) is 18.2 Å². The molecule has 152 valence electrons. The summed E-state index contributed by atoms with van der Waals surface area (Å²) < 4.78 is 52.1. The Morgan fingerprint density at radius 3 is 2.63 bits per heavy atom. The van der Waals surface area contributed by atoms with Gasteiger partial charge >= 0.3 is 12.2 Å². The van der Waals surface area contributed by atoms with Gasteiger partial charge in [0.25, 0.3) is 5.56 Å². The summed E-state index contributed by atoms with van der Waals surface area (Å²) in [5.74, 6) is 0.711. The molecule has 0 fully saturated rings. The van der Waals surface area contributed by atoms with E-state index in [0.717, 1.165) is 23.0 Å². The van der Waals surface area contributed by atoms with E-state index in [1.807, 2.05) is 24.3 Å². The van der Waals surface area contributed by atoms with Crippen LogP contribution in [0, 0.1) is 0 Å². The summed E-state index contributed by atoms with van der Waals surface area (Å²) in [6.07, 6.45) is -3.32. The molecule has 9 heteroatoms. The van der Waals surface area contributed by atoms with Gasteiger partial charge < -0.3 is 14.5 Å². The molecule has 0 amide bonds. The van der Waals surface area contributed by atoms with Gasteiger partial charge in [-0.3, -0.25) is 9.36 Å². The molecular formula is C21H14F3N3O3. The van der Waals surface area contributed by atoms with Gasteiger partial charge in [0.15, 0.2) is 11.9 Å². The number of rotatable bonds is 3. The zero-order chi connectivity index (χ0) is 20.9. The third-order valence-electron chi connectivity index (χ3n) is 4.87. The predicted molar refractivity (Wildman–Crippen MR) is 102 cm³/mol. The minimum atomic E-state index is -4.42. The van der Waals surface area contributed by atoms with Crippen molar-refractivity contribution in [2.75, 3.05) is 0 Å². The molecule has 1 aliphatic heterocycles. The third-order valence-corrected chi connectivity index (χ3v) is 4.87. The van der Waals surface area contributed by atoms with Gasteiger partial charge in [-0.05, 0) is 36.4 Å². The van der Waals surface area contributed by atoms with Crippen LogP contribution in [0.25, 0.3) is 10.9 Å². The van der Waals surface area contributed by atoms with Crippen molar-refractivity contribution in [3.05, 3.63) is 82.4 Å². The number of hydrogen-bond donors (Lipinski definition) is 1. The smallest absolute Gasteiger partial charge is 0.416 e. The number of aromatic nitrogens is 3. The standard InChI is InChI=1S/C21H14F3N3O3/c22-21(23,24)12-5-7-13(8-6-12)29-19-14-3-1-2-4-15(14)25-18(19)16-11-27-10-9-17(28)26-20(27)30-16/h1-10,16,25H,11H2. The van der Waals surface area contributed by atoms with Gasteiger partial charge in [-0.1, -0.05) is 12.1 Å². The number of halogens is 3. The van der Waals surface area contributed by atoms with Crippen LogP contribution in [0.15, 0.2) is 65.6 Å². The number of benzene rings is 2. The van der Waals surface area contributed by atoms with E-state index in [0.29, 0.717) is 18.0 Å². The zero-order valence-electron chi connectivity index (χ0n) is 15.3. The number of ether oxygens (including phenoxy) is 2. The molecule has 1 unspecified atom stereocenters. The molecule has 3 heterocycles. The average molecular weight is 413 g/mol. The van der Waals surface area contributed by atoms with Crippen molar-refractivity contribution in [1.82, 2.24) is 14.5 Å². The average Bonchev–Trinajstić information content (AvgIpc) is 3.29. The maximum absolute atomic E-state index is 12.8. The number of aromatic amines is 1. The lowest BCUT2D eigenvalue weighted by Gasteiger charge is -2.13. The molecule has 6 nitrogen and oxygen atoms in total. The second-order valence-corrected chi connectivity index (χ2v) is 6.84. The Labute approximate surface area is 167 Å². The Balaban J connectivity index is 1.53. The van der Waals surface area contributed by atoms with E-state index in [-0.39, 0.29) is 11.8 Å². The number of hydrogen-bond acceptors (Lipinski definition) is 4. The van der Waals surface area contributed by atoms with Crippen molar-refractivity contribution in [1.29, 1.82) is 0 Å². The molecule has 0 saturated heterocycles. The summed E-state index contributed by atoms with van der Waals surface area (Å²) in [5.41, 5.74) is 0.240. The highest BCUT2D eigenvalue weighted by molar-refractivity contribution is 5.88. The van der Waals surface area contributed by atoms with Crippen molar-refractivity contribution < 1.29 is 22.6 Å².